The van der Waals surface area contributed by atoms with Crippen molar-refractivity contribution in [2.45, 2.75) is 6.61 Å². The number of rotatable bonds is 4. The molecule has 4 nitrogen and oxygen atoms in total. The van der Waals surface area contributed by atoms with Gasteiger partial charge in [-0.05, 0) is 18.2 Å². The fourth-order valence-corrected chi connectivity index (χ4v) is 1.82. The fourth-order valence-electron chi connectivity index (χ4n) is 1.37. The van der Waals surface area contributed by atoms with E-state index < -0.39 is 0 Å². The van der Waals surface area contributed by atoms with Crippen LogP contribution in [0.15, 0.2) is 41.0 Å². The van der Waals surface area contributed by atoms with E-state index in [1.165, 1.54) is 12.1 Å². The molecular formula is C12H11BrFN3O. The van der Waals surface area contributed by atoms with Crippen LogP contribution in [0, 0.1) is 5.82 Å². The van der Waals surface area contributed by atoms with Gasteiger partial charge in [0, 0.05) is 22.3 Å². The van der Waals surface area contributed by atoms with E-state index >= 15 is 0 Å². The van der Waals surface area contributed by atoms with Crippen molar-refractivity contribution in [1.82, 2.24) is 4.98 Å². The summed E-state index contributed by atoms with van der Waals surface area (Å²) in [4.78, 5) is 4.05. The smallest absolute Gasteiger partial charge is 0.139 e. The number of nitrogens with one attached hydrogen (secondary N) is 1. The molecule has 2 rings (SSSR count). The van der Waals surface area contributed by atoms with Gasteiger partial charge >= 0.3 is 0 Å². The van der Waals surface area contributed by atoms with E-state index in [4.69, 9.17) is 10.6 Å². The lowest BCUT2D eigenvalue weighted by molar-refractivity contribution is 0.304. The van der Waals surface area contributed by atoms with Crippen LogP contribution >= 0.6 is 15.9 Å². The van der Waals surface area contributed by atoms with Crippen molar-refractivity contribution in [3.8, 4) is 5.75 Å². The minimum Gasteiger partial charge on any atom is -0.489 e. The second-order valence-corrected chi connectivity index (χ2v) is 4.51. The van der Waals surface area contributed by atoms with Gasteiger partial charge < -0.3 is 10.2 Å². The third-order valence-electron chi connectivity index (χ3n) is 2.21. The minimum atomic E-state index is -0.347. The first-order chi connectivity index (χ1) is 8.67. The topological polar surface area (TPSA) is 60.2 Å². The van der Waals surface area contributed by atoms with Crippen LogP contribution in [-0.4, -0.2) is 4.98 Å². The third kappa shape index (κ3) is 3.41. The number of hydrogen-bond donors (Lipinski definition) is 2. The predicted octanol–water partition coefficient (Wildman–Crippen LogP) is 2.85. The molecule has 3 N–H and O–H groups in total. The van der Waals surface area contributed by atoms with Crippen LogP contribution in [0.25, 0.3) is 0 Å². The molecule has 0 amide bonds. The summed E-state index contributed by atoms with van der Waals surface area (Å²) < 4.78 is 19.2. The number of benzene rings is 1. The van der Waals surface area contributed by atoms with Gasteiger partial charge in [-0.1, -0.05) is 22.0 Å². The van der Waals surface area contributed by atoms with Crippen LogP contribution in [0.1, 0.15) is 5.56 Å². The molecule has 6 heteroatoms. The summed E-state index contributed by atoms with van der Waals surface area (Å²) in [6.45, 7) is 0.313. The number of nitrogens with zero attached hydrogens (tertiary/aromatic N) is 1. The Morgan fingerprint density at radius 3 is 2.78 bits per heavy atom. The zero-order valence-electron chi connectivity index (χ0n) is 9.36. The van der Waals surface area contributed by atoms with E-state index in [0.29, 0.717) is 22.6 Å². The van der Waals surface area contributed by atoms with Crippen LogP contribution in [0.2, 0.25) is 0 Å². The summed E-state index contributed by atoms with van der Waals surface area (Å²) >= 11 is 3.20. The molecule has 0 aliphatic rings. The van der Waals surface area contributed by atoms with Crippen molar-refractivity contribution in [1.29, 1.82) is 0 Å². The number of hydrazine groups is 1. The third-order valence-corrected chi connectivity index (χ3v) is 2.67. The van der Waals surface area contributed by atoms with E-state index in [-0.39, 0.29) is 5.82 Å². The lowest BCUT2D eigenvalue weighted by Gasteiger charge is -2.07. The van der Waals surface area contributed by atoms with Crippen molar-refractivity contribution in [3.05, 3.63) is 52.4 Å². The Bertz CT molecular complexity index is 513. The van der Waals surface area contributed by atoms with Gasteiger partial charge in [0.15, 0.2) is 0 Å². The van der Waals surface area contributed by atoms with Crippen LogP contribution in [-0.2, 0) is 6.61 Å². The van der Waals surface area contributed by atoms with E-state index in [2.05, 4.69) is 26.3 Å². The van der Waals surface area contributed by atoms with E-state index in [1.54, 1.807) is 18.3 Å². The SMILES string of the molecule is NNc1ccc(COc2cc(F)cc(Br)c2)cn1. The number of nitrogens with two attached hydrogens (primary N) is 1. The normalized spacial score (nSPS) is 10.2. The molecule has 2 aromatic rings. The number of pyridine rings is 1. The largest absolute Gasteiger partial charge is 0.489 e. The summed E-state index contributed by atoms with van der Waals surface area (Å²) in [6.07, 6.45) is 1.64. The Labute approximate surface area is 112 Å². The van der Waals surface area contributed by atoms with Crippen LogP contribution in [0.3, 0.4) is 0 Å². The van der Waals surface area contributed by atoms with Crippen molar-refractivity contribution in [2.24, 2.45) is 5.84 Å². The summed E-state index contributed by atoms with van der Waals surface area (Å²) in [7, 11) is 0. The average molecular weight is 312 g/mol. The molecule has 1 aromatic heterocycles. The molecule has 0 radical (unpaired) electrons. The fraction of sp³-hybridized carbons (Fsp3) is 0.0833. The summed E-state index contributed by atoms with van der Waals surface area (Å²) in [5.41, 5.74) is 3.30. The maximum absolute atomic E-state index is 13.1. The molecule has 0 saturated heterocycles. The van der Waals surface area contributed by atoms with Gasteiger partial charge in [-0.2, -0.15) is 0 Å². The summed E-state index contributed by atoms with van der Waals surface area (Å²) in [6, 6.07) is 7.97. The molecule has 0 fully saturated rings. The van der Waals surface area contributed by atoms with Gasteiger partial charge in [0.05, 0.1) is 0 Å². The highest BCUT2D eigenvalue weighted by molar-refractivity contribution is 9.10. The number of halogens is 2. The molecule has 0 aliphatic carbocycles. The summed E-state index contributed by atoms with van der Waals surface area (Å²) in [5.74, 6) is 5.90. The highest BCUT2D eigenvalue weighted by Crippen LogP contribution is 2.21. The van der Waals surface area contributed by atoms with Crippen molar-refractivity contribution >= 4 is 21.7 Å². The standard InChI is InChI=1S/C12H11BrFN3O/c13-9-3-10(14)5-11(4-9)18-7-8-1-2-12(17-15)16-6-8/h1-6H,7,15H2,(H,16,17). The van der Waals surface area contributed by atoms with Gasteiger partial charge in [0.1, 0.15) is 24.0 Å². The summed E-state index contributed by atoms with van der Waals surface area (Å²) in [5, 5.41) is 0. The Morgan fingerprint density at radius 2 is 2.17 bits per heavy atom. The molecular weight excluding hydrogens is 301 g/mol. The van der Waals surface area contributed by atoms with E-state index in [9.17, 15) is 4.39 Å². The van der Waals surface area contributed by atoms with E-state index in [0.717, 1.165) is 5.56 Å². The zero-order valence-corrected chi connectivity index (χ0v) is 10.9. The molecule has 0 aliphatic heterocycles. The highest BCUT2D eigenvalue weighted by atomic mass is 79.9. The Morgan fingerprint density at radius 1 is 1.33 bits per heavy atom. The predicted molar refractivity (Wildman–Crippen MR) is 70.5 cm³/mol. The maximum atomic E-state index is 13.1. The second kappa shape index (κ2) is 5.79. The minimum absolute atomic E-state index is 0.313. The average Bonchev–Trinajstić information content (AvgIpc) is 2.36. The van der Waals surface area contributed by atoms with Crippen LogP contribution < -0.4 is 16.0 Å². The molecule has 0 spiro atoms. The Balaban J connectivity index is 2.01. The van der Waals surface area contributed by atoms with Gasteiger partial charge in [-0.3, -0.25) is 0 Å². The molecule has 0 saturated carbocycles. The highest BCUT2D eigenvalue weighted by Gasteiger charge is 2.01. The number of hydrogen-bond acceptors (Lipinski definition) is 4. The molecule has 1 aromatic carbocycles. The lowest BCUT2D eigenvalue weighted by Crippen LogP contribution is -2.08. The quantitative estimate of drug-likeness (QED) is 0.673. The first-order valence-electron chi connectivity index (χ1n) is 5.18. The number of nitrogen functional groups attached to an aromatic ring is 1. The van der Waals surface area contributed by atoms with Gasteiger partial charge in [-0.15, -0.1) is 0 Å². The number of anilines is 1. The van der Waals surface area contributed by atoms with Crippen LogP contribution in [0.4, 0.5) is 10.2 Å². The van der Waals surface area contributed by atoms with Gasteiger partial charge in [-0.25, -0.2) is 15.2 Å². The van der Waals surface area contributed by atoms with Crippen LogP contribution in [0.5, 0.6) is 5.75 Å². The van der Waals surface area contributed by atoms with Crippen molar-refractivity contribution in [2.75, 3.05) is 5.43 Å². The molecule has 0 unspecified atom stereocenters. The van der Waals surface area contributed by atoms with Crippen molar-refractivity contribution < 1.29 is 9.13 Å². The van der Waals surface area contributed by atoms with Gasteiger partial charge in [0.25, 0.3) is 0 Å². The first kappa shape index (κ1) is 12.8. The Kier molecular flexibility index (Phi) is 4.11. The van der Waals surface area contributed by atoms with Crippen molar-refractivity contribution in [3.63, 3.8) is 0 Å². The molecule has 94 valence electrons. The monoisotopic (exact) mass is 311 g/mol. The number of ether oxygens (including phenoxy) is 1. The first-order valence-corrected chi connectivity index (χ1v) is 5.97. The molecule has 0 bridgehead atoms. The second-order valence-electron chi connectivity index (χ2n) is 3.59. The zero-order chi connectivity index (χ0) is 13.0. The Hall–Kier alpha value is -1.66. The maximum Gasteiger partial charge on any atom is 0.139 e. The van der Waals surface area contributed by atoms with E-state index in [1.807, 2.05) is 6.07 Å². The molecule has 0 atom stereocenters. The van der Waals surface area contributed by atoms with Gasteiger partial charge in [0.2, 0.25) is 0 Å². The molecule has 1 heterocycles. The lowest BCUT2D eigenvalue weighted by atomic mass is 10.3. The molecule has 18 heavy (non-hydrogen) atoms. The number of aromatic nitrogens is 1.